The van der Waals surface area contributed by atoms with E-state index in [1.807, 2.05) is 12.1 Å². The number of thioether (sulfide) groups is 1. The van der Waals surface area contributed by atoms with Crippen molar-refractivity contribution in [3.05, 3.63) is 45.9 Å². The van der Waals surface area contributed by atoms with Crippen LogP contribution in [0.2, 0.25) is 0 Å². The molecule has 0 aliphatic carbocycles. The Bertz CT molecular complexity index is 588. The maximum absolute atomic E-state index is 11.7. The third kappa shape index (κ3) is 3.50. The average molecular weight is 277 g/mol. The van der Waals surface area contributed by atoms with Gasteiger partial charge in [0.05, 0.1) is 0 Å². The van der Waals surface area contributed by atoms with E-state index in [0.717, 1.165) is 30.3 Å². The summed E-state index contributed by atoms with van der Waals surface area (Å²) in [5.41, 5.74) is 2.44. The molecule has 2 rings (SSSR count). The second-order valence-corrected chi connectivity index (χ2v) is 5.47. The number of nitrogens with one attached hydrogen (secondary N) is 1. The Morgan fingerprint density at radius 1 is 1.37 bits per heavy atom. The standard InChI is InChI=1S/C14H19N3OS/c1-3-4-9-17-13(18)15-16-14(17)19-10-12-8-6-5-7-11(12)2/h5-8H,3-4,9-10H2,1-2H3,(H,15,18). The van der Waals surface area contributed by atoms with Crippen LogP contribution < -0.4 is 5.69 Å². The number of aromatic nitrogens is 3. The van der Waals surface area contributed by atoms with Crippen molar-refractivity contribution in [2.24, 2.45) is 0 Å². The summed E-state index contributed by atoms with van der Waals surface area (Å²) < 4.78 is 1.73. The molecule has 5 heteroatoms. The zero-order valence-electron chi connectivity index (χ0n) is 11.3. The van der Waals surface area contributed by atoms with E-state index in [-0.39, 0.29) is 5.69 Å². The fraction of sp³-hybridized carbons (Fsp3) is 0.429. The van der Waals surface area contributed by atoms with Gasteiger partial charge in [0.25, 0.3) is 0 Å². The zero-order valence-corrected chi connectivity index (χ0v) is 12.2. The second kappa shape index (κ2) is 6.61. The van der Waals surface area contributed by atoms with Gasteiger partial charge in [0.15, 0.2) is 5.16 Å². The summed E-state index contributed by atoms with van der Waals surface area (Å²) in [5.74, 6) is 0.836. The Morgan fingerprint density at radius 3 is 2.89 bits per heavy atom. The van der Waals surface area contributed by atoms with Crippen molar-refractivity contribution in [3.8, 4) is 0 Å². The lowest BCUT2D eigenvalue weighted by atomic mass is 10.1. The maximum Gasteiger partial charge on any atom is 0.343 e. The van der Waals surface area contributed by atoms with E-state index in [9.17, 15) is 4.79 Å². The molecule has 0 saturated heterocycles. The van der Waals surface area contributed by atoms with Crippen LogP contribution in [0.1, 0.15) is 30.9 Å². The first-order valence-electron chi connectivity index (χ1n) is 6.55. The molecule has 19 heavy (non-hydrogen) atoms. The van der Waals surface area contributed by atoms with Crippen molar-refractivity contribution in [3.63, 3.8) is 0 Å². The quantitative estimate of drug-likeness (QED) is 0.826. The molecule has 0 fully saturated rings. The molecule has 0 aliphatic rings. The molecule has 2 aromatic rings. The Morgan fingerprint density at radius 2 is 2.16 bits per heavy atom. The van der Waals surface area contributed by atoms with Crippen molar-refractivity contribution in [1.82, 2.24) is 14.8 Å². The summed E-state index contributed by atoms with van der Waals surface area (Å²) in [6.45, 7) is 4.96. The van der Waals surface area contributed by atoms with E-state index in [1.165, 1.54) is 11.1 Å². The molecule has 0 bridgehead atoms. The van der Waals surface area contributed by atoms with E-state index in [1.54, 1.807) is 16.3 Å². The van der Waals surface area contributed by atoms with Gasteiger partial charge in [-0.3, -0.25) is 4.57 Å². The van der Waals surface area contributed by atoms with E-state index in [0.29, 0.717) is 0 Å². The maximum atomic E-state index is 11.7. The number of rotatable bonds is 6. The molecule has 4 nitrogen and oxygen atoms in total. The lowest BCUT2D eigenvalue weighted by Crippen LogP contribution is -2.17. The van der Waals surface area contributed by atoms with Gasteiger partial charge in [-0.1, -0.05) is 49.4 Å². The van der Waals surface area contributed by atoms with Crippen LogP contribution in [0, 0.1) is 6.92 Å². The van der Waals surface area contributed by atoms with Gasteiger partial charge in [-0.2, -0.15) is 0 Å². The zero-order chi connectivity index (χ0) is 13.7. The fourth-order valence-corrected chi connectivity index (χ4v) is 2.89. The summed E-state index contributed by atoms with van der Waals surface area (Å²) >= 11 is 1.61. The number of hydrogen-bond acceptors (Lipinski definition) is 3. The van der Waals surface area contributed by atoms with Crippen LogP contribution in [0.5, 0.6) is 0 Å². The van der Waals surface area contributed by atoms with Gasteiger partial charge in [-0.05, 0) is 24.5 Å². The Labute approximate surface area is 117 Å². The van der Waals surface area contributed by atoms with Crippen molar-refractivity contribution < 1.29 is 0 Å². The largest absolute Gasteiger partial charge is 0.343 e. The van der Waals surface area contributed by atoms with Crippen LogP contribution in [-0.2, 0) is 12.3 Å². The van der Waals surface area contributed by atoms with Gasteiger partial charge in [0.2, 0.25) is 0 Å². The highest BCUT2D eigenvalue weighted by Gasteiger charge is 2.09. The molecule has 0 spiro atoms. The minimum absolute atomic E-state index is 0.110. The van der Waals surface area contributed by atoms with Crippen LogP contribution in [0.3, 0.4) is 0 Å². The molecule has 0 radical (unpaired) electrons. The predicted octanol–water partition coefficient (Wildman–Crippen LogP) is 2.97. The summed E-state index contributed by atoms with van der Waals surface area (Å²) in [7, 11) is 0. The highest BCUT2D eigenvalue weighted by atomic mass is 32.2. The monoisotopic (exact) mass is 277 g/mol. The minimum Gasteiger partial charge on any atom is -0.270 e. The lowest BCUT2D eigenvalue weighted by molar-refractivity contribution is 0.573. The van der Waals surface area contributed by atoms with Crippen LogP contribution >= 0.6 is 11.8 Å². The van der Waals surface area contributed by atoms with Crippen LogP contribution in [0.4, 0.5) is 0 Å². The Kier molecular flexibility index (Phi) is 4.85. The molecule has 1 N–H and O–H groups in total. The topological polar surface area (TPSA) is 50.7 Å². The smallest absolute Gasteiger partial charge is 0.270 e. The number of aryl methyl sites for hydroxylation is 1. The average Bonchev–Trinajstić information content (AvgIpc) is 2.76. The Balaban J connectivity index is 2.07. The minimum atomic E-state index is -0.110. The molecule has 0 aliphatic heterocycles. The normalized spacial score (nSPS) is 10.8. The highest BCUT2D eigenvalue weighted by Crippen LogP contribution is 2.21. The van der Waals surface area contributed by atoms with Gasteiger partial charge in [0, 0.05) is 12.3 Å². The summed E-state index contributed by atoms with van der Waals surface area (Å²) in [6, 6.07) is 8.29. The van der Waals surface area contributed by atoms with Gasteiger partial charge in [-0.15, -0.1) is 5.10 Å². The number of aromatic amines is 1. The molecule has 1 aromatic carbocycles. The van der Waals surface area contributed by atoms with Crippen molar-refractivity contribution >= 4 is 11.8 Å². The summed E-state index contributed by atoms with van der Waals surface area (Å²) in [5, 5.41) is 7.41. The third-order valence-corrected chi connectivity index (χ3v) is 4.10. The first-order valence-corrected chi connectivity index (χ1v) is 7.53. The van der Waals surface area contributed by atoms with E-state index >= 15 is 0 Å². The van der Waals surface area contributed by atoms with E-state index in [2.05, 4.69) is 36.2 Å². The van der Waals surface area contributed by atoms with Crippen LogP contribution in [-0.4, -0.2) is 14.8 Å². The fourth-order valence-electron chi connectivity index (χ4n) is 1.84. The number of unbranched alkanes of at least 4 members (excludes halogenated alkanes) is 1. The van der Waals surface area contributed by atoms with Gasteiger partial charge < -0.3 is 0 Å². The highest BCUT2D eigenvalue weighted by molar-refractivity contribution is 7.98. The van der Waals surface area contributed by atoms with Gasteiger partial charge in [0.1, 0.15) is 0 Å². The van der Waals surface area contributed by atoms with Crippen molar-refractivity contribution in [2.75, 3.05) is 0 Å². The lowest BCUT2D eigenvalue weighted by Gasteiger charge is -2.06. The summed E-state index contributed by atoms with van der Waals surface area (Å²) in [6.07, 6.45) is 2.07. The predicted molar refractivity (Wildman–Crippen MR) is 78.5 cm³/mol. The van der Waals surface area contributed by atoms with Crippen molar-refractivity contribution in [2.45, 2.75) is 44.1 Å². The Hall–Kier alpha value is -1.49. The SMILES string of the molecule is CCCCn1c(SCc2ccccc2C)n[nH]c1=O. The van der Waals surface area contributed by atoms with Crippen LogP contribution in [0.15, 0.2) is 34.2 Å². The molecular weight excluding hydrogens is 258 g/mol. The molecule has 0 unspecified atom stereocenters. The van der Waals surface area contributed by atoms with Gasteiger partial charge >= 0.3 is 5.69 Å². The molecule has 102 valence electrons. The van der Waals surface area contributed by atoms with Gasteiger partial charge in [-0.25, -0.2) is 9.89 Å². The number of H-pyrrole nitrogens is 1. The molecule has 1 heterocycles. The first kappa shape index (κ1) is 13.9. The molecular formula is C14H19N3OS. The summed E-state index contributed by atoms with van der Waals surface area (Å²) in [4.78, 5) is 11.7. The second-order valence-electron chi connectivity index (χ2n) is 4.53. The third-order valence-electron chi connectivity index (χ3n) is 3.08. The van der Waals surface area contributed by atoms with E-state index in [4.69, 9.17) is 0 Å². The first-order chi connectivity index (χ1) is 9.22. The van der Waals surface area contributed by atoms with Crippen LogP contribution in [0.25, 0.3) is 0 Å². The number of benzene rings is 1. The van der Waals surface area contributed by atoms with Crippen molar-refractivity contribution in [1.29, 1.82) is 0 Å². The molecule has 0 amide bonds. The molecule has 0 saturated carbocycles. The number of hydrogen-bond donors (Lipinski definition) is 1. The number of nitrogens with zero attached hydrogens (tertiary/aromatic N) is 2. The molecule has 0 atom stereocenters. The molecule has 1 aromatic heterocycles. The van der Waals surface area contributed by atoms with E-state index < -0.39 is 0 Å².